The topological polar surface area (TPSA) is 56.1 Å². The number of allylic oxidation sites excluding steroid dienone is 1. The van der Waals surface area contributed by atoms with Gasteiger partial charge in [-0.3, -0.25) is 4.79 Å². The Balaban J connectivity index is 1.79. The minimum Gasteiger partial charge on any atom is -0.335 e. The maximum Gasteiger partial charge on any atom is 0.397 e. The van der Waals surface area contributed by atoms with Crippen molar-refractivity contribution in [2.75, 3.05) is 13.1 Å². The Morgan fingerprint density at radius 3 is 2.29 bits per heavy atom. The molecular formula is C14H16F3N3O. The number of piperidine rings is 1. The summed E-state index contributed by atoms with van der Waals surface area (Å²) in [7, 11) is 0. The molecule has 1 aliphatic carbocycles. The van der Waals surface area contributed by atoms with Gasteiger partial charge in [-0.2, -0.15) is 18.4 Å². The summed E-state index contributed by atoms with van der Waals surface area (Å²) in [6.07, 6.45) is -2.15. The second-order valence-corrected chi connectivity index (χ2v) is 6.18. The molecule has 0 aromatic carbocycles. The summed E-state index contributed by atoms with van der Waals surface area (Å²) in [5.41, 5.74) is -2.35. The van der Waals surface area contributed by atoms with Crippen LogP contribution in [0.5, 0.6) is 0 Å². The number of carbonyl (C=O) groups excluding carboxylic acids is 1. The lowest BCUT2D eigenvalue weighted by atomic mass is 9.67. The van der Waals surface area contributed by atoms with E-state index in [-0.39, 0.29) is 30.5 Å². The minimum absolute atomic E-state index is 0.0399. The largest absolute Gasteiger partial charge is 0.397 e. The van der Waals surface area contributed by atoms with Crippen molar-refractivity contribution < 1.29 is 18.0 Å². The molecule has 21 heavy (non-hydrogen) atoms. The molecule has 0 aromatic heterocycles. The Hall–Kier alpha value is -1.55. The molecule has 114 valence electrons. The average Bonchev–Trinajstić information content (AvgIpc) is 2.35. The fourth-order valence-electron chi connectivity index (χ4n) is 3.34. The van der Waals surface area contributed by atoms with Crippen LogP contribution in [0.1, 0.15) is 25.7 Å². The Morgan fingerprint density at radius 2 is 1.90 bits per heavy atom. The summed E-state index contributed by atoms with van der Waals surface area (Å²) in [4.78, 5) is 13.8. The Kier molecular flexibility index (Phi) is 3.24. The number of nitrogens with one attached hydrogen (secondary N) is 1. The molecule has 4 nitrogen and oxygen atoms in total. The van der Waals surface area contributed by atoms with E-state index in [0.29, 0.717) is 19.5 Å². The molecule has 4 fully saturated rings. The smallest absolute Gasteiger partial charge is 0.335 e. The third-order valence-corrected chi connectivity index (χ3v) is 4.79. The fourth-order valence-corrected chi connectivity index (χ4v) is 3.34. The fraction of sp³-hybridized carbons (Fsp3) is 0.714. The number of piperazine rings is 1. The van der Waals surface area contributed by atoms with Crippen molar-refractivity contribution in [2.24, 2.45) is 5.41 Å². The molecule has 0 radical (unpaired) electrons. The van der Waals surface area contributed by atoms with E-state index in [1.54, 1.807) is 6.07 Å². The van der Waals surface area contributed by atoms with Gasteiger partial charge in [0.2, 0.25) is 0 Å². The number of alkyl halides is 3. The number of fused-ring (bicyclic) bond motifs is 2. The van der Waals surface area contributed by atoms with Crippen molar-refractivity contribution in [1.82, 2.24) is 10.2 Å². The lowest BCUT2D eigenvalue weighted by molar-refractivity contribution is -0.229. The normalized spacial score (nSPS) is 31.0. The molecule has 0 spiro atoms. The van der Waals surface area contributed by atoms with Gasteiger partial charge in [0.1, 0.15) is 11.6 Å². The zero-order valence-corrected chi connectivity index (χ0v) is 11.4. The van der Waals surface area contributed by atoms with Gasteiger partial charge in [0.15, 0.2) is 0 Å². The van der Waals surface area contributed by atoms with E-state index in [2.05, 4.69) is 5.32 Å². The van der Waals surface area contributed by atoms with Crippen molar-refractivity contribution in [2.45, 2.75) is 43.9 Å². The van der Waals surface area contributed by atoms with E-state index in [9.17, 15) is 18.0 Å². The van der Waals surface area contributed by atoms with E-state index < -0.39 is 17.5 Å². The van der Waals surface area contributed by atoms with Gasteiger partial charge in [0.25, 0.3) is 5.91 Å². The van der Waals surface area contributed by atoms with E-state index in [1.807, 2.05) is 0 Å². The van der Waals surface area contributed by atoms with Gasteiger partial charge < -0.3 is 10.2 Å². The molecular weight excluding hydrogens is 283 g/mol. The van der Waals surface area contributed by atoms with E-state index >= 15 is 0 Å². The predicted octanol–water partition coefficient (Wildman–Crippen LogP) is 1.74. The van der Waals surface area contributed by atoms with Crippen LogP contribution in [0.25, 0.3) is 0 Å². The first kappa shape index (κ1) is 14.4. The second-order valence-electron chi connectivity index (χ2n) is 6.18. The SMILES string of the molecule is N#C/C(=C\C1(C(F)(F)F)CCC1)C(=O)N1CC2CC(C1)N2. The molecule has 7 heteroatoms. The Morgan fingerprint density at radius 1 is 1.33 bits per heavy atom. The minimum atomic E-state index is -4.40. The molecule has 2 unspecified atom stereocenters. The standard InChI is InChI=1S/C14H16F3N3O/c15-14(16,17)13(2-1-3-13)5-9(6-18)12(21)20-7-10-4-11(8-20)19-10/h5,10-11,19H,1-4,7-8H2/b9-5+. The lowest BCUT2D eigenvalue weighted by Crippen LogP contribution is -2.67. The lowest BCUT2D eigenvalue weighted by Gasteiger charge is -2.48. The van der Waals surface area contributed by atoms with E-state index in [1.165, 1.54) is 4.90 Å². The molecule has 1 N–H and O–H groups in total. The highest BCUT2D eigenvalue weighted by atomic mass is 19.4. The predicted molar refractivity (Wildman–Crippen MR) is 67.9 cm³/mol. The summed E-state index contributed by atoms with van der Waals surface area (Å²) in [6.45, 7) is 0.931. The van der Waals surface area contributed by atoms with Gasteiger partial charge in [0, 0.05) is 25.2 Å². The summed E-state index contributed by atoms with van der Waals surface area (Å²) in [6, 6.07) is 2.11. The second kappa shape index (κ2) is 4.73. The molecule has 0 aromatic rings. The zero-order chi connectivity index (χ0) is 15.3. The van der Waals surface area contributed by atoms with Crippen LogP contribution in [0.15, 0.2) is 11.6 Å². The zero-order valence-electron chi connectivity index (χ0n) is 11.4. The number of hydrogen-bond donors (Lipinski definition) is 1. The molecule has 2 atom stereocenters. The van der Waals surface area contributed by atoms with E-state index in [0.717, 1.165) is 12.5 Å². The number of halogens is 3. The van der Waals surface area contributed by atoms with Crippen LogP contribution in [-0.4, -0.2) is 42.2 Å². The van der Waals surface area contributed by atoms with Crippen molar-refractivity contribution in [3.05, 3.63) is 11.6 Å². The first-order chi connectivity index (χ1) is 9.84. The van der Waals surface area contributed by atoms with Gasteiger partial charge >= 0.3 is 6.18 Å². The van der Waals surface area contributed by atoms with Crippen LogP contribution in [0, 0.1) is 16.7 Å². The molecule has 3 aliphatic heterocycles. The first-order valence-corrected chi connectivity index (χ1v) is 7.10. The number of hydrogen-bond acceptors (Lipinski definition) is 3. The van der Waals surface area contributed by atoms with Crippen molar-refractivity contribution in [1.29, 1.82) is 5.26 Å². The summed E-state index contributed by atoms with van der Waals surface area (Å²) < 4.78 is 39.4. The maximum absolute atomic E-state index is 13.1. The van der Waals surface area contributed by atoms with Crippen LogP contribution in [0.4, 0.5) is 13.2 Å². The van der Waals surface area contributed by atoms with Crippen molar-refractivity contribution in [3.63, 3.8) is 0 Å². The highest BCUT2D eigenvalue weighted by Crippen LogP contribution is 2.54. The molecule has 4 aliphatic rings. The number of rotatable bonds is 2. The molecule has 1 saturated carbocycles. The highest BCUT2D eigenvalue weighted by molar-refractivity contribution is 5.97. The monoisotopic (exact) mass is 299 g/mol. The number of carbonyl (C=O) groups is 1. The molecule has 3 saturated heterocycles. The van der Waals surface area contributed by atoms with Crippen molar-refractivity contribution in [3.8, 4) is 6.07 Å². The molecule has 4 rings (SSSR count). The maximum atomic E-state index is 13.1. The van der Waals surface area contributed by atoms with Crippen LogP contribution < -0.4 is 5.32 Å². The van der Waals surface area contributed by atoms with Crippen molar-refractivity contribution >= 4 is 5.91 Å². The van der Waals surface area contributed by atoms with Crippen LogP contribution in [0.3, 0.4) is 0 Å². The molecule has 3 heterocycles. The third-order valence-electron chi connectivity index (χ3n) is 4.79. The number of nitrogens with zero attached hydrogens (tertiary/aromatic N) is 2. The Labute approximate surface area is 120 Å². The summed E-state index contributed by atoms with van der Waals surface area (Å²) in [5.74, 6) is -0.566. The molecule has 2 bridgehead atoms. The van der Waals surface area contributed by atoms with Gasteiger partial charge in [0.05, 0.1) is 5.41 Å². The van der Waals surface area contributed by atoms with Crippen LogP contribution in [-0.2, 0) is 4.79 Å². The molecule has 1 amide bonds. The highest BCUT2D eigenvalue weighted by Gasteiger charge is 2.57. The van der Waals surface area contributed by atoms with Gasteiger partial charge in [-0.05, 0) is 25.3 Å². The number of nitriles is 1. The third kappa shape index (κ3) is 2.31. The van der Waals surface area contributed by atoms with Gasteiger partial charge in [-0.25, -0.2) is 0 Å². The van der Waals surface area contributed by atoms with Crippen LogP contribution in [0.2, 0.25) is 0 Å². The first-order valence-electron chi connectivity index (χ1n) is 7.10. The van der Waals surface area contributed by atoms with Gasteiger partial charge in [-0.15, -0.1) is 0 Å². The summed E-state index contributed by atoms with van der Waals surface area (Å²) >= 11 is 0. The Bertz CT molecular complexity index is 515. The van der Waals surface area contributed by atoms with Gasteiger partial charge in [-0.1, -0.05) is 6.42 Å². The summed E-state index contributed by atoms with van der Waals surface area (Å²) in [5, 5.41) is 12.3. The average molecular weight is 299 g/mol. The quantitative estimate of drug-likeness (QED) is 0.624. The van der Waals surface area contributed by atoms with Crippen LogP contribution >= 0.6 is 0 Å². The number of amides is 1. The van der Waals surface area contributed by atoms with E-state index in [4.69, 9.17) is 5.26 Å².